The van der Waals surface area contributed by atoms with Gasteiger partial charge in [0.25, 0.3) is 5.91 Å². The van der Waals surface area contributed by atoms with Gasteiger partial charge >= 0.3 is 0 Å². The predicted octanol–water partition coefficient (Wildman–Crippen LogP) is 3.21. The van der Waals surface area contributed by atoms with Gasteiger partial charge in [-0.1, -0.05) is 18.6 Å². The molecule has 90 valence electrons. The molecule has 2 fully saturated rings. The van der Waals surface area contributed by atoms with Crippen molar-refractivity contribution < 1.29 is 4.79 Å². The van der Waals surface area contributed by atoms with E-state index < -0.39 is 0 Å². The molecule has 0 radical (unpaired) electrons. The Hall–Kier alpha value is -0.580. The molecule has 1 aromatic carbocycles. The van der Waals surface area contributed by atoms with Crippen LogP contribution in [0.4, 0.5) is 0 Å². The molecule has 0 spiro atoms. The minimum Gasteiger partial charge on any atom is -0.349 e. The molecule has 2 aliphatic rings. The van der Waals surface area contributed by atoms with E-state index in [4.69, 9.17) is 0 Å². The zero-order chi connectivity index (χ0) is 11.8. The molecule has 2 nitrogen and oxygen atoms in total. The van der Waals surface area contributed by atoms with Crippen LogP contribution in [-0.4, -0.2) is 11.9 Å². The van der Waals surface area contributed by atoms with Crippen molar-refractivity contribution in [3.05, 3.63) is 33.4 Å². The minimum atomic E-state index is 0.104. The molecule has 0 unspecified atom stereocenters. The number of carbonyl (C=O) groups excluding carboxylic acids is 1. The van der Waals surface area contributed by atoms with E-state index in [1.54, 1.807) is 0 Å². The van der Waals surface area contributed by atoms with Crippen molar-refractivity contribution >= 4 is 28.5 Å². The van der Waals surface area contributed by atoms with E-state index in [0.29, 0.717) is 6.04 Å². The Morgan fingerprint density at radius 3 is 2.71 bits per heavy atom. The third kappa shape index (κ3) is 2.21. The molecule has 2 aliphatic carbocycles. The molecular weight excluding hydrogens is 325 g/mol. The number of rotatable bonds is 2. The number of halogens is 1. The Kier molecular flexibility index (Phi) is 3.11. The molecule has 1 aromatic rings. The molecule has 0 aromatic heterocycles. The second kappa shape index (κ2) is 4.59. The zero-order valence-electron chi connectivity index (χ0n) is 9.66. The van der Waals surface area contributed by atoms with Crippen LogP contribution >= 0.6 is 22.6 Å². The maximum atomic E-state index is 12.2. The van der Waals surface area contributed by atoms with Gasteiger partial charge in [0.15, 0.2) is 0 Å². The van der Waals surface area contributed by atoms with E-state index in [1.165, 1.54) is 25.7 Å². The fourth-order valence-electron chi connectivity index (χ4n) is 3.31. The Balaban J connectivity index is 1.70. The quantitative estimate of drug-likeness (QED) is 0.823. The van der Waals surface area contributed by atoms with E-state index >= 15 is 0 Å². The largest absolute Gasteiger partial charge is 0.349 e. The van der Waals surface area contributed by atoms with E-state index in [-0.39, 0.29) is 5.91 Å². The number of hydrogen-bond acceptors (Lipinski definition) is 1. The zero-order valence-corrected chi connectivity index (χ0v) is 11.8. The first kappa shape index (κ1) is 11.5. The lowest BCUT2D eigenvalue weighted by Gasteiger charge is -2.23. The second-order valence-electron chi connectivity index (χ2n) is 5.23. The van der Waals surface area contributed by atoms with Crippen LogP contribution in [0.3, 0.4) is 0 Å². The Morgan fingerprint density at radius 1 is 1.24 bits per heavy atom. The molecule has 3 rings (SSSR count). The smallest absolute Gasteiger partial charge is 0.252 e. The number of fused-ring (bicyclic) bond motifs is 2. The molecule has 0 heterocycles. The van der Waals surface area contributed by atoms with Crippen LogP contribution in [0.5, 0.6) is 0 Å². The number of nitrogens with one attached hydrogen (secondary N) is 1. The monoisotopic (exact) mass is 341 g/mol. The van der Waals surface area contributed by atoms with Crippen LogP contribution in [0.1, 0.15) is 36.0 Å². The van der Waals surface area contributed by atoms with Gasteiger partial charge in [0, 0.05) is 9.61 Å². The van der Waals surface area contributed by atoms with E-state index in [0.717, 1.165) is 21.0 Å². The average molecular weight is 341 g/mol. The first-order chi connectivity index (χ1) is 8.24. The predicted molar refractivity (Wildman–Crippen MR) is 75.9 cm³/mol. The number of amides is 1. The van der Waals surface area contributed by atoms with Crippen LogP contribution in [0, 0.1) is 15.4 Å². The normalized spacial score (nSPS) is 30.5. The van der Waals surface area contributed by atoms with E-state index in [9.17, 15) is 4.79 Å². The second-order valence-corrected chi connectivity index (χ2v) is 6.40. The number of carbonyl (C=O) groups is 1. The summed E-state index contributed by atoms with van der Waals surface area (Å²) in [5, 5.41) is 3.22. The SMILES string of the molecule is O=C(N[C@H]1C[C@@H]2CC[C@H]1C2)c1ccccc1I. The lowest BCUT2D eigenvalue weighted by Crippen LogP contribution is -2.38. The summed E-state index contributed by atoms with van der Waals surface area (Å²) in [7, 11) is 0. The van der Waals surface area contributed by atoms with Gasteiger partial charge in [-0.15, -0.1) is 0 Å². The molecule has 1 amide bonds. The van der Waals surface area contributed by atoms with Crippen LogP contribution in [-0.2, 0) is 0 Å². The van der Waals surface area contributed by atoms with Gasteiger partial charge in [-0.05, 0) is 65.8 Å². The first-order valence-electron chi connectivity index (χ1n) is 6.29. The van der Waals surface area contributed by atoms with Gasteiger partial charge in [-0.25, -0.2) is 0 Å². The topological polar surface area (TPSA) is 29.1 Å². The van der Waals surface area contributed by atoms with Crippen molar-refractivity contribution in [2.24, 2.45) is 11.8 Å². The van der Waals surface area contributed by atoms with Gasteiger partial charge in [-0.2, -0.15) is 0 Å². The fraction of sp³-hybridized carbons (Fsp3) is 0.500. The Morgan fingerprint density at radius 2 is 2.06 bits per heavy atom. The number of benzene rings is 1. The number of hydrogen-bond donors (Lipinski definition) is 1. The molecule has 2 bridgehead atoms. The fourth-order valence-corrected chi connectivity index (χ4v) is 3.95. The first-order valence-corrected chi connectivity index (χ1v) is 7.37. The standard InChI is InChI=1S/C14H16INO/c15-12-4-2-1-3-11(12)14(17)16-13-8-9-5-6-10(13)7-9/h1-4,9-10,13H,5-8H2,(H,16,17)/t9-,10+,13+/m1/s1. The third-order valence-electron chi connectivity index (χ3n) is 4.17. The maximum Gasteiger partial charge on any atom is 0.252 e. The highest BCUT2D eigenvalue weighted by molar-refractivity contribution is 14.1. The van der Waals surface area contributed by atoms with Gasteiger partial charge in [0.1, 0.15) is 0 Å². The molecule has 2 saturated carbocycles. The van der Waals surface area contributed by atoms with Crippen LogP contribution in [0.25, 0.3) is 0 Å². The van der Waals surface area contributed by atoms with Gasteiger partial charge in [0.05, 0.1) is 5.56 Å². The summed E-state index contributed by atoms with van der Waals surface area (Å²) >= 11 is 2.22. The van der Waals surface area contributed by atoms with Crippen molar-refractivity contribution in [2.75, 3.05) is 0 Å². The molecule has 1 N–H and O–H groups in total. The van der Waals surface area contributed by atoms with Gasteiger partial charge in [-0.3, -0.25) is 4.79 Å². The van der Waals surface area contributed by atoms with Crippen molar-refractivity contribution in [1.82, 2.24) is 5.32 Å². The highest BCUT2D eigenvalue weighted by Crippen LogP contribution is 2.44. The summed E-state index contributed by atoms with van der Waals surface area (Å²) in [6.07, 6.45) is 5.21. The van der Waals surface area contributed by atoms with Crippen molar-refractivity contribution in [1.29, 1.82) is 0 Å². The summed E-state index contributed by atoms with van der Waals surface area (Å²) in [5.74, 6) is 1.72. The average Bonchev–Trinajstić information content (AvgIpc) is 2.91. The Labute approximate surface area is 115 Å². The van der Waals surface area contributed by atoms with E-state index in [1.807, 2.05) is 24.3 Å². The summed E-state index contributed by atoms with van der Waals surface area (Å²) in [5.41, 5.74) is 0.816. The summed E-state index contributed by atoms with van der Waals surface area (Å²) in [6, 6.07) is 8.21. The highest BCUT2D eigenvalue weighted by Gasteiger charge is 2.40. The lowest BCUT2D eigenvalue weighted by molar-refractivity contribution is 0.0922. The summed E-state index contributed by atoms with van der Waals surface area (Å²) in [6.45, 7) is 0. The van der Waals surface area contributed by atoms with Crippen LogP contribution in [0.2, 0.25) is 0 Å². The van der Waals surface area contributed by atoms with Crippen molar-refractivity contribution in [2.45, 2.75) is 31.7 Å². The lowest BCUT2D eigenvalue weighted by atomic mass is 9.95. The maximum absolute atomic E-state index is 12.2. The molecule has 17 heavy (non-hydrogen) atoms. The Bertz CT molecular complexity index is 446. The van der Waals surface area contributed by atoms with E-state index in [2.05, 4.69) is 27.9 Å². The molecule has 3 atom stereocenters. The van der Waals surface area contributed by atoms with Crippen LogP contribution < -0.4 is 5.32 Å². The third-order valence-corrected chi connectivity index (χ3v) is 5.11. The summed E-state index contributed by atoms with van der Waals surface area (Å²) in [4.78, 5) is 12.2. The minimum absolute atomic E-state index is 0.104. The molecule has 3 heteroatoms. The van der Waals surface area contributed by atoms with Gasteiger partial charge < -0.3 is 5.32 Å². The van der Waals surface area contributed by atoms with Crippen molar-refractivity contribution in [3.8, 4) is 0 Å². The molecular formula is C14H16INO. The molecule has 0 saturated heterocycles. The van der Waals surface area contributed by atoms with Crippen molar-refractivity contribution in [3.63, 3.8) is 0 Å². The highest BCUT2D eigenvalue weighted by atomic mass is 127. The molecule has 0 aliphatic heterocycles. The summed E-state index contributed by atoms with van der Waals surface area (Å²) < 4.78 is 1.03. The van der Waals surface area contributed by atoms with Crippen LogP contribution in [0.15, 0.2) is 24.3 Å². The van der Waals surface area contributed by atoms with Gasteiger partial charge in [0.2, 0.25) is 0 Å².